The Hall–Kier alpha value is -1.23. The Morgan fingerprint density at radius 2 is 1.93 bits per heavy atom. The highest BCUT2D eigenvalue weighted by atomic mass is 32.2. The number of carbonyl (C=O) groups is 2. The first-order chi connectivity index (χ1) is 14.0. The molecule has 170 valence electrons. The molecule has 2 aliphatic heterocycles. The maximum atomic E-state index is 13.3. The minimum absolute atomic E-state index is 0.171. The molecule has 2 saturated heterocycles. The van der Waals surface area contributed by atoms with Crippen LogP contribution in [0.2, 0.25) is 0 Å². The Morgan fingerprint density at radius 3 is 2.53 bits per heavy atom. The van der Waals surface area contributed by atoms with Crippen molar-refractivity contribution in [1.29, 1.82) is 0 Å². The van der Waals surface area contributed by atoms with E-state index in [0.717, 1.165) is 25.9 Å². The number of sulfonamides is 1. The predicted octanol–water partition coefficient (Wildman–Crippen LogP) is 0.734. The first kappa shape index (κ1) is 22.0. The number of imide groups is 1. The van der Waals surface area contributed by atoms with Crippen LogP contribution in [-0.2, 0) is 14.8 Å². The third kappa shape index (κ3) is 4.11. The van der Waals surface area contributed by atoms with Crippen LogP contribution >= 0.6 is 0 Å². The summed E-state index contributed by atoms with van der Waals surface area (Å²) in [7, 11) is -1.74. The van der Waals surface area contributed by atoms with Crippen molar-refractivity contribution in [3.8, 4) is 0 Å². The van der Waals surface area contributed by atoms with Crippen LogP contribution in [0.4, 0.5) is 4.79 Å². The molecule has 3 amide bonds. The van der Waals surface area contributed by atoms with E-state index in [1.54, 1.807) is 11.9 Å². The highest BCUT2D eigenvalue weighted by Crippen LogP contribution is 2.39. The summed E-state index contributed by atoms with van der Waals surface area (Å²) in [4.78, 5) is 29.3. The lowest BCUT2D eigenvalue weighted by molar-refractivity contribution is -0.140. The topological polar surface area (TPSA) is 102 Å². The molecule has 10 heteroatoms. The average molecular weight is 442 g/mol. The summed E-state index contributed by atoms with van der Waals surface area (Å²) in [6, 6.07) is -0.118. The van der Waals surface area contributed by atoms with Gasteiger partial charge in [0.2, 0.25) is 15.9 Å². The number of nitrogens with zero attached hydrogens (tertiary/aromatic N) is 3. The Kier molecular flexibility index (Phi) is 5.66. The molecule has 2 saturated carbocycles. The van der Waals surface area contributed by atoms with E-state index >= 15 is 0 Å². The quantitative estimate of drug-likeness (QED) is 0.630. The second-order valence-electron chi connectivity index (χ2n) is 10.1. The van der Waals surface area contributed by atoms with Gasteiger partial charge >= 0.3 is 6.03 Å². The molecule has 4 rings (SSSR count). The van der Waals surface area contributed by atoms with Crippen LogP contribution in [0.1, 0.15) is 52.9 Å². The Bertz CT molecular complexity index is 812. The summed E-state index contributed by atoms with van der Waals surface area (Å²) >= 11 is 0. The van der Waals surface area contributed by atoms with Crippen LogP contribution in [0.25, 0.3) is 0 Å². The fourth-order valence-electron chi connectivity index (χ4n) is 5.07. The third-order valence-electron chi connectivity index (χ3n) is 7.31. The van der Waals surface area contributed by atoms with Crippen molar-refractivity contribution in [2.24, 2.45) is 11.8 Å². The highest BCUT2D eigenvalue weighted by Gasteiger charge is 2.51. The van der Waals surface area contributed by atoms with Gasteiger partial charge in [-0.2, -0.15) is 0 Å². The van der Waals surface area contributed by atoms with Crippen LogP contribution in [0.3, 0.4) is 0 Å². The summed E-state index contributed by atoms with van der Waals surface area (Å²) in [5.74, 6) is -0.487. The lowest BCUT2D eigenvalue weighted by atomic mass is 9.81. The van der Waals surface area contributed by atoms with Crippen LogP contribution in [0, 0.1) is 11.8 Å². The van der Waals surface area contributed by atoms with Crippen LogP contribution < -0.4 is 10.1 Å². The van der Waals surface area contributed by atoms with Gasteiger partial charge in [-0.1, -0.05) is 0 Å². The van der Waals surface area contributed by atoms with Gasteiger partial charge in [-0.05, 0) is 52.9 Å². The number of hydrazine groups is 1. The van der Waals surface area contributed by atoms with E-state index in [1.807, 2.05) is 6.92 Å². The van der Waals surface area contributed by atoms with Crippen LogP contribution in [-0.4, -0.2) is 84.7 Å². The van der Waals surface area contributed by atoms with Gasteiger partial charge in [0, 0.05) is 50.2 Å². The van der Waals surface area contributed by atoms with Crippen molar-refractivity contribution in [3.63, 3.8) is 0 Å². The molecule has 4 atom stereocenters. The summed E-state index contributed by atoms with van der Waals surface area (Å²) in [6.07, 6.45) is 3.02. The predicted molar refractivity (Wildman–Crippen MR) is 113 cm³/mol. The van der Waals surface area contributed by atoms with E-state index in [-0.39, 0.29) is 35.9 Å². The summed E-state index contributed by atoms with van der Waals surface area (Å²) in [5, 5.41) is 1.55. The lowest BCUT2D eigenvalue weighted by Gasteiger charge is -2.47. The number of carbonyl (C=O) groups excluding carboxylic acids is 2. The second-order valence-corrected chi connectivity index (χ2v) is 12.1. The summed E-state index contributed by atoms with van der Waals surface area (Å²) in [5.41, 5.74) is 3.01. The molecule has 2 aliphatic carbocycles. The smallest absolute Gasteiger partial charge is 0.324 e. The standard InChI is InChI=1S/C20H35N5O4S/c1-13(2)25-12-14(10-21-25)11-24-18(26)16-9-15(5-6-17(16)23(4)19(24)27)30(28,29)22-20(3)7-8-20/h13-17,21-22H,5-12H2,1-4H3. The molecule has 4 aliphatic rings. The number of rotatable bonds is 6. The van der Waals surface area contributed by atoms with Gasteiger partial charge in [-0.15, -0.1) is 0 Å². The van der Waals surface area contributed by atoms with E-state index in [2.05, 4.69) is 29.0 Å². The molecule has 0 spiro atoms. The number of fused-ring (bicyclic) bond motifs is 1. The molecule has 9 nitrogen and oxygen atoms in total. The van der Waals surface area contributed by atoms with Gasteiger partial charge in [0.15, 0.2) is 0 Å². The van der Waals surface area contributed by atoms with Crippen molar-refractivity contribution < 1.29 is 18.0 Å². The fraction of sp³-hybridized carbons (Fsp3) is 0.900. The molecule has 4 fully saturated rings. The highest BCUT2D eigenvalue weighted by molar-refractivity contribution is 7.90. The number of hydrogen-bond donors (Lipinski definition) is 2. The molecule has 0 aromatic carbocycles. The first-order valence-electron chi connectivity index (χ1n) is 11.1. The van der Waals surface area contributed by atoms with Gasteiger partial charge in [-0.25, -0.2) is 22.9 Å². The van der Waals surface area contributed by atoms with Crippen molar-refractivity contribution >= 4 is 22.0 Å². The van der Waals surface area contributed by atoms with Crippen molar-refractivity contribution in [1.82, 2.24) is 25.0 Å². The van der Waals surface area contributed by atoms with Crippen molar-refractivity contribution in [3.05, 3.63) is 0 Å². The molecule has 2 heterocycles. The molecular weight excluding hydrogens is 406 g/mol. The van der Waals surface area contributed by atoms with E-state index in [9.17, 15) is 18.0 Å². The molecule has 30 heavy (non-hydrogen) atoms. The minimum atomic E-state index is -3.48. The zero-order valence-electron chi connectivity index (χ0n) is 18.4. The van der Waals surface area contributed by atoms with E-state index in [4.69, 9.17) is 0 Å². The van der Waals surface area contributed by atoms with Gasteiger partial charge < -0.3 is 4.90 Å². The zero-order chi connectivity index (χ0) is 21.8. The van der Waals surface area contributed by atoms with Gasteiger partial charge in [0.1, 0.15) is 0 Å². The SMILES string of the molecule is CC(C)N1CC(CN2C(=O)C3CC(S(=O)(=O)NC4(C)CC4)CCC3N(C)C2=O)CN1. The Morgan fingerprint density at radius 1 is 1.23 bits per heavy atom. The van der Waals surface area contributed by atoms with E-state index in [1.165, 1.54) is 4.90 Å². The normalized spacial score (nSPS) is 34.6. The average Bonchev–Trinajstić information content (AvgIpc) is 3.21. The lowest BCUT2D eigenvalue weighted by Crippen LogP contribution is -2.63. The van der Waals surface area contributed by atoms with Crippen molar-refractivity contribution in [2.75, 3.05) is 26.7 Å². The molecule has 0 aromatic rings. The number of hydrogen-bond acceptors (Lipinski definition) is 6. The Labute approximate surface area is 179 Å². The molecule has 2 N–H and O–H groups in total. The monoisotopic (exact) mass is 441 g/mol. The van der Waals surface area contributed by atoms with Crippen LogP contribution in [0.5, 0.6) is 0 Å². The van der Waals surface area contributed by atoms with Gasteiger partial charge in [-0.3, -0.25) is 15.1 Å². The fourth-order valence-corrected chi connectivity index (χ4v) is 7.03. The largest absolute Gasteiger partial charge is 0.326 e. The molecular formula is C20H35N5O4S. The number of urea groups is 1. The van der Waals surface area contributed by atoms with E-state index in [0.29, 0.717) is 25.4 Å². The maximum Gasteiger partial charge on any atom is 0.326 e. The first-order valence-corrected chi connectivity index (χ1v) is 12.7. The van der Waals surface area contributed by atoms with Gasteiger partial charge in [0.25, 0.3) is 0 Å². The number of nitrogens with one attached hydrogen (secondary N) is 2. The Balaban J connectivity index is 1.46. The number of amides is 3. The maximum absolute atomic E-state index is 13.3. The van der Waals surface area contributed by atoms with Crippen molar-refractivity contribution in [2.45, 2.75) is 75.7 Å². The minimum Gasteiger partial charge on any atom is -0.324 e. The summed E-state index contributed by atoms with van der Waals surface area (Å²) < 4.78 is 28.6. The van der Waals surface area contributed by atoms with Crippen LogP contribution in [0.15, 0.2) is 0 Å². The molecule has 0 bridgehead atoms. The van der Waals surface area contributed by atoms with E-state index < -0.39 is 21.2 Å². The molecule has 0 aromatic heterocycles. The molecule has 4 unspecified atom stereocenters. The van der Waals surface area contributed by atoms with Gasteiger partial charge in [0.05, 0.1) is 11.2 Å². The molecule has 0 radical (unpaired) electrons. The second kappa shape index (κ2) is 7.72. The third-order valence-corrected chi connectivity index (χ3v) is 9.39. The summed E-state index contributed by atoms with van der Waals surface area (Å²) in [6.45, 7) is 8.01. The zero-order valence-corrected chi connectivity index (χ0v) is 19.2.